The standard InChI is InChI=1S/C15H14N2O3S/c18-15(14-9-10-3-1-2-4-13(10)21-14)16-11-5-7-12(8-6-11)17(19)20/h5-9H,1-4H2,(H,16,18). The van der Waals surface area contributed by atoms with Crippen molar-refractivity contribution in [1.82, 2.24) is 0 Å². The lowest BCUT2D eigenvalue weighted by molar-refractivity contribution is -0.384. The molecule has 5 nitrogen and oxygen atoms in total. The van der Waals surface area contributed by atoms with Crippen LogP contribution < -0.4 is 5.32 Å². The molecule has 0 bridgehead atoms. The molecule has 0 saturated carbocycles. The second kappa shape index (κ2) is 5.65. The van der Waals surface area contributed by atoms with E-state index < -0.39 is 4.92 Å². The van der Waals surface area contributed by atoms with Crippen LogP contribution in [0.4, 0.5) is 11.4 Å². The Morgan fingerprint density at radius 1 is 1.19 bits per heavy atom. The van der Waals surface area contributed by atoms with E-state index in [4.69, 9.17) is 0 Å². The van der Waals surface area contributed by atoms with Crippen molar-refractivity contribution in [3.05, 3.63) is 55.8 Å². The number of nitro benzene ring substituents is 1. The zero-order valence-corrected chi connectivity index (χ0v) is 12.1. The van der Waals surface area contributed by atoms with Crippen molar-refractivity contribution in [3.63, 3.8) is 0 Å². The van der Waals surface area contributed by atoms with Gasteiger partial charge in [-0.25, -0.2) is 0 Å². The average molecular weight is 302 g/mol. The molecule has 2 aromatic rings. The Morgan fingerprint density at radius 2 is 1.90 bits per heavy atom. The summed E-state index contributed by atoms with van der Waals surface area (Å²) >= 11 is 1.55. The summed E-state index contributed by atoms with van der Waals surface area (Å²) in [5.41, 5.74) is 1.87. The molecule has 0 unspecified atom stereocenters. The van der Waals surface area contributed by atoms with Crippen molar-refractivity contribution < 1.29 is 9.72 Å². The van der Waals surface area contributed by atoms with Crippen LogP contribution in [0.2, 0.25) is 0 Å². The second-order valence-corrected chi connectivity index (χ2v) is 6.16. The number of fused-ring (bicyclic) bond motifs is 1. The summed E-state index contributed by atoms with van der Waals surface area (Å²) in [4.78, 5) is 24.4. The SMILES string of the molecule is O=C(Nc1ccc([N+](=O)[O-])cc1)c1cc2c(s1)CCCC2. The number of nitrogens with zero attached hydrogens (tertiary/aromatic N) is 1. The molecule has 1 heterocycles. The van der Waals surface area contributed by atoms with Gasteiger partial charge in [0.25, 0.3) is 11.6 Å². The number of aryl methyl sites for hydroxylation is 2. The predicted octanol–water partition coefficient (Wildman–Crippen LogP) is 3.79. The van der Waals surface area contributed by atoms with Crippen LogP contribution in [0.5, 0.6) is 0 Å². The van der Waals surface area contributed by atoms with Crippen LogP contribution in [0.3, 0.4) is 0 Å². The molecule has 1 aromatic heterocycles. The van der Waals surface area contributed by atoms with Crippen molar-refractivity contribution in [2.75, 3.05) is 5.32 Å². The Balaban J connectivity index is 1.73. The maximum absolute atomic E-state index is 12.2. The third kappa shape index (κ3) is 2.95. The molecule has 3 rings (SSSR count). The molecule has 1 amide bonds. The molecule has 108 valence electrons. The van der Waals surface area contributed by atoms with Crippen molar-refractivity contribution in [2.24, 2.45) is 0 Å². The average Bonchev–Trinajstić information content (AvgIpc) is 2.92. The fourth-order valence-corrected chi connectivity index (χ4v) is 3.61. The molecule has 6 heteroatoms. The number of thiophene rings is 1. The maximum atomic E-state index is 12.2. The molecular formula is C15H14N2O3S. The first-order valence-corrected chi connectivity index (χ1v) is 7.62. The zero-order chi connectivity index (χ0) is 14.8. The number of nitrogens with one attached hydrogen (secondary N) is 1. The Kier molecular flexibility index (Phi) is 3.70. The third-order valence-corrected chi connectivity index (χ3v) is 4.79. The number of anilines is 1. The lowest BCUT2D eigenvalue weighted by atomic mass is 9.99. The normalized spacial score (nSPS) is 13.5. The van der Waals surface area contributed by atoms with Gasteiger partial charge in [-0.2, -0.15) is 0 Å². The molecule has 1 aliphatic carbocycles. The Hall–Kier alpha value is -2.21. The summed E-state index contributed by atoms with van der Waals surface area (Å²) in [6.07, 6.45) is 4.49. The van der Waals surface area contributed by atoms with Crippen LogP contribution in [0.25, 0.3) is 0 Å². The molecule has 1 aromatic carbocycles. The van der Waals surface area contributed by atoms with Gasteiger partial charge in [0.2, 0.25) is 0 Å². The van der Waals surface area contributed by atoms with E-state index in [1.165, 1.54) is 35.4 Å². The van der Waals surface area contributed by atoms with E-state index in [9.17, 15) is 14.9 Å². The third-order valence-electron chi connectivity index (χ3n) is 3.56. The lowest BCUT2D eigenvalue weighted by Gasteiger charge is -2.08. The van der Waals surface area contributed by atoms with Crippen LogP contribution in [0, 0.1) is 10.1 Å². The van der Waals surface area contributed by atoms with Crippen LogP contribution >= 0.6 is 11.3 Å². The minimum Gasteiger partial charge on any atom is -0.321 e. The van der Waals surface area contributed by atoms with Gasteiger partial charge in [-0.15, -0.1) is 11.3 Å². The highest BCUT2D eigenvalue weighted by Crippen LogP contribution is 2.30. The predicted molar refractivity (Wildman–Crippen MR) is 82.0 cm³/mol. The van der Waals surface area contributed by atoms with Gasteiger partial charge in [-0.05, 0) is 49.4 Å². The molecule has 0 spiro atoms. The number of hydrogen-bond donors (Lipinski definition) is 1. The van der Waals surface area contributed by atoms with E-state index in [0.717, 1.165) is 12.8 Å². The van der Waals surface area contributed by atoms with Crippen LogP contribution in [-0.4, -0.2) is 10.8 Å². The van der Waals surface area contributed by atoms with Gasteiger partial charge in [0, 0.05) is 22.7 Å². The monoisotopic (exact) mass is 302 g/mol. The molecular weight excluding hydrogens is 288 g/mol. The minimum atomic E-state index is -0.459. The summed E-state index contributed by atoms with van der Waals surface area (Å²) in [6.45, 7) is 0. The second-order valence-electron chi connectivity index (χ2n) is 5.02. The van der Waals surface area contributed by atoms with E-state index in [2.05, 4.69) is 5.32 Å². The van der Waals surface area contributed by atoms with Crippen molar-refractivity contribution >= 4 is 28.6 Å². The highest BCUT2D eigenvalue weighted by atomic mass is 32.1. The van der Waals surface area contributed by atoms with Crippen LogP contribution in [0.15, 0.2) is 30.3 Å². The van der Waals surface area contributed by atoms with Crippen molar-refractivity contribution in [3.8, 4) is 0 Å². The lowest BCUT2D eigenvalue weighted by Crippen LogP contribution is -2.10. The Bertz CT molecular complexity index is 668. The van der Waals surface area contributed by atoms with Crippen molar-refractivity contribution in [2.45, 2.75) is 25.7 Å². The number of nitro groups is 1. The topological polar surface area (TPSA) is 72.2 Å². The fraction of sp³-hybridized carbons (Fsp3) is 0.267. The quantitative estimate of drug-likeness (QED) is 0.692. The van der Waals surface area contributed by atoms with E-state index in [0.29, 0.717) is 10.6 Å². The Morgan fingerprint density at radius 3 is 2.57 bits per heavy atom. The van der Waals surface area contributed by atoms with E-state index >= 15 is 0 Å². The number of hydrogen-bond acceptors (Lipinski definition) is 4. The first kappa shape index (κ1) is 13.8. The highest BCUT2D eigenvalue weighted by Gasteiger charge is 2.17. The van der Waals surface area contributed by atoms with Gasteiger partial charge in [0.05, 0.1) is 9.80 Å². The zero-order valence-electron chi connectivity index (χ0n) is 11.3. The van der Waals surface area contributed by atoms with Gasteiger partial charge in [-0.3, -0.25) is 14.9 Å². The summed E-state index contributed by atoms with van der Waals surface area (Å²) < 4.78 is 0. The van der Waals surface area contributed by atoms with Gasteiger partial charge in [0.1, 0.15) is 0 Å². The number of amides is 1. The minimum absolute atomic E-state index is 0.0135. The highest BCUT2D eigenvalue weighted by molar-refractivity contribution is 7.14. The first-order chi connectivity index (χ1) is 10.1. The maximum Gasteiger partial charge on any atom is 0.269 e. The molecule has 1 N–H and O–H groups in total. The fourth-order valence-electron chi connectivity index (χ4n) is 2.46. The smallest absolute Gasteiger partial charge is 0.269 e. The molecule has 0 fully saturated rings. The number of non-ortho nitro benzene ring substituents is 1. The van der Waals surface area contributed by atoms with Crippen LogP contribution in [0.1, 0.15) is 33.0 Å². The first-order valence-electron chi connectivity index (χ1n) is 6.81. The largest absolute Gasteiger partial charge is 0.321 e. The van der Waals surface area contributed by atoms with Gasteiger partial charge >= 0.3 is 0 Å². The summed E-state index contributed by atoms with van der Waals surface area (Å²) in [6, 6.07) is 7.83. The van der Waals surface area contributed by atoms with Gasteiger partial charge < -0.3 is 5.32 Å². The molecule has 0 aliphatic heterocycles. The van der Waals surface area contributed by atoms with E-state index in [1.54, 1.807) is 23.5 Å². The molecule has 1 aliphatic rings. The molecule has 0 atom stereocenters. The van der Waals surface area contributed by atoms with E-state index in [-0.39, 0.29) is 11.6 Å². The van der Waals surface area contributed by atoms with Gasteiger partial charge in [0.15, 0.2) is 0 Å². The molecule has 0 saturated heterocycles. The number of benzene rings is 1. The van der Waals surface area contributed by atoms with Crippen molar-refractivity contribution in [1.29, 1.82) is 0 Å². The van der Waals surface area contributed by atoms with Crippen LogP contribution in [-0.2, 0) is 12.8 Å². The van der Waals surface area contributed by atoms with E-state index in [1.807, 2.05) is 6.07 Å². The summed E-state index contributed by atoms with van der Waals surface area (Å²) in [7, 11) is 0. The molecule has 0 radical (unpaired) electrons. The number of carbonyl (C=O) groups excluding carboxylic acids is 1. The number of carbonyl (C=O) groups is 1. The molecule has 21 heavy (non-hydrogen) atoms. The summed E-state index contributed by atoms with van der Waals surface area (Å²) in [5.74, 6) is -0.150. The van der Waals surface area contributed by atoms with Gasteiger partial charge in [-0.1, -0.05) is 0 Å². The Labute approximate surface area is 125 Å². The summed E-state index contributed by atoms with van der Waals surface area (Å²) in [5, 5.41) is 13.4. The number of rotatable bonds is 3.